The van der Waals surface area contributed by atoms with Crippen molar-refractivity contribution in [3.8, 4) is 0 Å². The lowest BCUT2D eigenvalue weighted by atomic mass is 9.85. The summed E-state index contributed by atoms with van der Waals surface area (Å²) in [6.45, 7) is 3.15. The summed E-state index contributed by atoms with van der Waals surface area (Å²) in [5.74, 6) is -1.13. The lowest BCUT2D eigenvalue weighted by Gasteiger charge is -2.41. The van der Waals surface area contributed by atoms with Crippen molar-refractivity contribution >= 4 is 19.8 Å². The maximum atomic E-state index is 12.8. The fraction of sp³-hybridized carbons (Fsp3) is 0.778. The summed E-state index contributed by atoms with van der Waals surface area (Å²) < 4.78 is 33.5. The Kier molecular flexibility index (Phi) is 32.9. The average molecular weight is 859 g/mol. The quantitative estimate of drug-likeness (QED) is 0.0152. The van der Waals surface area contributed by atoms with Crippen LogP contribution in [-0.2, 0) is 32.7 Å². The van der Waals surface area contributed by atoms with Gasteiger partial charge in [0.25, 0.3) is 0 Å². The monoisotopic (exact) mass is 859 g/mol. The topological polar surface area (TPSA) is 210 Å². The molecule has 6 unspecified atom stereocenters. The fourth-order valence-corrected chi connectivity index (χ4v) is 7.50. The molecule has 6 N–H and O–H groups in total. The summed E-state index contributed by atoms with van der Waals surface area (Å²) in [5.41, 5.74) is 0. The average Bonchev–Trinajstić information content (AvgIpc) is 3.21. The minimum atomic E-state index is -5.12. The van der Waals surface area contributed by atoms with Gasteiger partial charge in [-0.1, -0.05) is 133 Å². The molecule has 59 heavy (non-hydrogen) atoms. The van der Waals surface area contributed by atoms with Crippen molar-refractivity contribution in [3.63, 3.8) is 0 Å². The fourth-order valence-electron chi connectivity index (χ4n) is 6.53. The Labute approximate surface area is 354 Å². The molecule has 0 aromatic carbocycles. The molecular weight excluding hydrogens is 779 g/mol. The first-order valence-electron chi connectivity index (χ1n) is 22.4. The maximum absolute atomic E-state index is 12.8. The molecule has 0 saturated heterocycles. The van der Waals surface area contributed by atoms with Crippen LogP contribution >= 0.6 is 7.82 Å². The van der Waals surface area contributed by atoms with Crippen LogP contribution in [0.25, 0.3) is 0 Å². The van der Waals surface area contributed by atoms with Crippen LogP contribution in [0.1, 0.15) is 168 Å². The van der Waals surface area contributed by atoms with E-state index < -0.39 is 75.7 Å². The first-order valence-corrected chi connectivity index (χ1v) is 23.9. The summed E-state index contributed by atoms with van der Waals surface area (Å²) in [6, 6.07) is 0. The molecule has 0 heterocycles. The number of aliphatic hydroxyl groups excluding tert-OH is 5. The van der Waals surface area contributed by atoms with Crippen LogP contribution in [0, 0.1) is 0 Å². The van der Waals surface area contributed by atoms with Gasteiger partial charge in [0.1, 0.15) is 43.2 Å². The molecule has 0 amide bonds. The maximum Gasteiger partial charge on any atom is 0.472 e. The van der Waals surface area contributed by atoms with Crippen LogP contribution in [0.4, 0.5) is 0 Å². The molecular formula is C45H79O13P. The van der Waals surface area contributed by atoms with E-state index in [4.69, 9.17) is 18.5 Å². The lowest BCUT2D eigenvalue weighted by molar-refractivity contribution is -0.220. The number of unbranched alkanes of at least 4 members (excludes halogenated alkanes) is 16. The number of phosphoric ester groups is 1. The van der Waals surface area contributed by atoms with Crippen molar-refractivity contribution in [2.24, 2.45) is 0 Å². The van der Waals surface area contributed by atoms with Crippen molar-refractivity contribution < 1.29 is 63.1 Å². The van der Waals surface area contributed by atoms with Gasteiger partial charge in [0.15, 0.2) is 6.10 Å². The first-order chi connectivity index (χ1) is 28.4. The number of rotatable bonds is 36. The third-order valence-corrected chi connectivity index (χ3v) is 11.1. The second-order valence-electron chi connectivity index (χ2n) is 15.5. The predicted octanol–water partition coefficient (Wildman–Crippen LogP) is 8.39. The van der Waals surface area contributed by atoms with Crippen LogP contribution in [0.2, 0.25) is 0 Å². The van der Waals surface area contributed by atoms with Crippen molar-refractivity contribution in [3.05, 3.63) is 48.6 Å². The van der Waals surface area contributed by atoms with Gasteiger partial charge in [-0.2, -0.15) is 0 Å². The van der Waals surface area contributed by atoms with Gasteiger partial charge in [0.05, 0.1) is 6.61 Å². The van der Waals surface area contributed by atoms with Gasteiger partial charge in [-0.3, -0.25) is 18.6 Å². The number of ether oxygens (including phenoxy) is 2. The third kappa shape index (κ3) is 28.1. The molecule has 0 radical (unpaired) electrons. The summed E-state index contributed by atoms with van der Waals surface area (Å²) in [4.78, 5) is 35.6. The van der Waals surface area contributed by atoms with E-state index in [9.17, 15) is 44.6 Å². The second kappa shape index (κ2) is 35.4. The molecule has 6 atom stereocenters. The van der Waals surface area contributed by atoms with E-state index in [0.717, 1.165) is 89.9 Å². The third-order valence-electron chi connectivity index (χ3n) is 10.2. The standard InChI is InChI=1S/C45H79O13P/c1-3-5-7-9-11-13-15-17-19-21-23-25-27-29-31-33-38(46)55-35-37(36-56-59(53,54)58-45-43(51)41(49)40(48)42(50)44(45)52)57-39(47)34-32-30-28-26-24-22-20-18-16-14-12-10-8-6-4-2/h6,8,12,14,17-20,37,40-45,48-52H,3-5,7,9-11,13,15-16,21-36H2,1-2H3,(H,53,54). The Hall–Kier alpha value is -2.19. The molecule has 0 aromatic heterocycles. The molecule has 13 nitrogen and oxygen atoms in total. The molecule has 1 saturated carbocycles. The van der Waals surface area contributed by atoms with E-state index in [1.807, 2.05) is 0 Å². The number of phosphoric acid groups is 1. The Morgan fingerprint density at radius 3 is 1.49 bits per heavy atom. The number of hydrogen-bond donors (Lipinski definition) is 6. The molecule has 14 heteroatoms. The number of allylic oxidation sites excluding steroid dienone is 8. The van der Waals surface area contributed by atoms with E-state index >= 15 is 0 Å². The second-order valence-corrected chi connectivity index (χ2v) is 16.9. The SMILES string of the molecule is CCC=CCC=CCC=CCCCCCCCC(=O)OC(COC(=O)CCCCCCCC=CCCCCCCCC)COP(=O)(O)OC1C(O)C(O)C(O)C(O)C1O. The molecule has 0 aliphatic heterocycles. The van der Waals surface area contributed by atoms with Gasteiger partial charge < -0.3 is 39.9 Å². The van der Waals surface area contributed by atoms with Gasteiger partial charge in [-0.15, -0.1) is 0 Å². The highest BCUT2D eigenvalue weighted by Gasteiger charge is 2.51. The Morgan fingerprint density at radius 2 is 0.966 bits per heavy atom. The highest BCUT2D eigenvalue weighted by molar-refractivity contribution is 7.47. The van der Waals surface area contributed by atoms with Crippen LogP contribution in [-0.4, -0.2) is 98.3 Å². The Balaban J connectivity index is 2.49. The summed E-state index contributed by atoms with van der Waals surface area (Å²) >= 11 is 0. The van der Waals surface area contributed by atoms with Crippen molar-refractivity contribution in [1.29, 1.82) is 0 Å². The number of carbonyl (C=O) groups excluding carboxylic acids is 2. The van der Waals surface area contributed by atoms with E-state index in [2.05, 4.69) is 62.5 Å². The van der Waals surface area contributed by atoms with Gasteiger partial charge in [0.2, 0.25) is 0 Å². The predicted molar refractivity (Wildman–Crippen MR) is 230 cm³/mol. The first kappa shape index (κ1) is 54.8. The van der Waals surface area contributed by atoms with Gasteiger partial charge in [0, 0.05) is 12.8 Å². The van der Waals surface area contributed by atoms with Gasteiger partial charge >= 0.3 is 19.8 Å². The van der Waals surface area contributed by atoms with E-state index in [-0.39, 0.29) is 12.8 Å². The molecule has 1 aliphatic rings. The molecule has 1 aliphatic carbocycles. The van der Waals surface area contributed by atoms with Gasteiger partial charge in [-0.05, 0) is 70.6 Å². The van der Waals surface area contributed by atoms with Crippen LogP contribution in [0.15, 0.2) is 48.6 Å². The Morgan fingerprint density at radius 1 is 0.542 bits per heavy atom. The summed E-state index contributed by atoms with van der Waals surface area (Å²) in [5, 5.41) is 50.1. The zero-order valence-electron chi connectivity index (χ0n) is 36.0. The highest BCUT2D eigenvalue weighted by Crippen LogP contribution is 2.47. The van der Waals surface area contributed by atoms with Crippen LogP contribution in [0.5, 0.6) is 0 Å². The molecule has 0 aromatic rings. The molecule has 1 rings (SSSR count). The molecule has 0 bridgehead atoms. The van der Waals surface area contributed by atoms with Crippen LogP contribution < -0.4 is 0 Å². The minimum absolute atomic E-state index is 0.0743. The number of hydrogen-bond acceptors (Lipinski definition) is 12. The lowest BCUT2D eigenvalue weighted by Crippen LogP contribution is -2.64. The molecule has 0 spiro atoms. The van der Waals surface area contributed by atoms with Crippen molar-refractivity contribution in [2.75, 3.05) is 13.2 Å². The summed E-state index contributed by atoms with van der Waals surface area (Å²) in [6.07, 6.45) is 27.4. The van der Waals surface area contributed by atoms with E-state index in [1.165, 1.54) is 38.5 Å². The van der Waals surface area contributed by atoms with Crippen molar-refractivity contribution in [1.82, 2.24) is 0 Å². The normalized spacial score (nSPS) is 22.8. The number of aliphatic hydroxyl groups is 5. The van der Waals surface area contributed by atoms with Crippen LogP contribution in [0.3, 0.4) is 0 Å². The van der Waals surface area contributed by atoms with E-state index in [0.29, 0.717) is 12.8 Å². The zero-order chi connectivity index (χ0) is 43.6. The zero-order valence-corrected chi connectivity index (χ0v) is 36.9. The smallest absolute Gasteiger partial charge is 0.462 e. The summed E-state index contributed by atoms with van der Waals surface area (Å²) in [7, 11) is -5.12. The van der Waals surface area contributed by atoms with Crippen molar-refractivity contribution in [2.45, 2.75) is 211 Å². The molecule has 342 valence electrons. The Bertz CT molecular complexity index is 1220. The van der Waals surface area contributed by atoms with E-state index in [1.54, 1.807) is 0 Å². The highest BCUT2D eigenvalue weighted by atomic mass is 31.2. The minimum Gasteiger partial charge on any atom is -0.462 e. The largest absolute Gasteiger partial charge is 0.472 e. The number of esters is 2. The van der Waals surface area contributed by atoms with Gasteiger partial charge in [-0.25, -0.2) is 4.57 Å². The molecule has 1 fully saturated rings. The number of carbonyl (C=O) groups is 2.